The minimum atomic E-state index is -0.0635. The number of hydrazone groups is 1. The van der Waals surface area contributed by atoms with Gasteiger partial charge in [0.2, 0.25) is 18.1 Å². The van der Waals surface area contributed by atoms with E-state index in [1.54, 1.807) is 6.19 Å². The van der Waals surface area contributed by atoms with E-state index in [-0.39, 0.29) is 11.8 Å². The first-order valence-electron chi connectivity index (χ1n) is 8.64. The predicted molar refractivity (Wildman–Crippen MR) is 105 cm³/mol. The molecular formula is C20H20N6O. The highest BCUT2D eigenvalue weighted by Gasteiger charge is 2.21. The predicted octanol–water partition coefficient (Wildman–Crippen LogP) is 2.59. The van der Waals surface area contributed by atoms with Crippen LogP contribution in [0, 0.1) is 17.4 Å². The van der Waals surface area contributed by atoms with E-state index < -0.39 is 0 Å². The van der Waals surface area contributed by atoms with Gasteiger partial charge in [-0.2, -0.15) is 10.4 Å². The molecule has 136 valence electrons. The second-order valence-electron chi connectivity index (χ2n) is 6.24. The summed E-state index contributed by atoms with van der Waals surface area (Å²) in [5.74, 6) is 0.386. The molecule has 2 aromatic rings. The Morgan fingerprint density at radius 2 is 2.00 bits per heavy atom. The van der Waals surface area contributed by atoms with Crippen LogP contribution in [-0.4, -0.2) is 17.6 Å². The molecule has 0 saturated heterocycles. The molecule has 1 atom stereocenters. The molecule has 1 aliphatic heterocycles. The lowest BCUT2D eigenvalue weighted by atomic mass is 9.94. The Morgan fingerprint density at radius 1 is 1.26 bits per heavy atom. The normalized spacial score (nSPS) is 16.7. The fraction of sp³-hybridized carbons (Fsp3) is 0.200. The highest BCUT2D eigenvalue weighted by Crippen LogP contribution is 2.18. The molecule has 0 aromatic heterocycles. The number of hydrogen-bond acceptors (Lipinski definition) is 4. The first-order valence-corrected chi connectivity index (χ1v) is 8.64. The van der Waals surface area contributed by atoms with Gasteiger partial charge in [0.1, 0.15) is 0 Å². The van der Waals surface area contributed by atoms with Crippen LogP contribution in [0.15, 0.2) is 64.7 Å². The zero-order valence-corrected chi connectivity index (χ0v) is 14.9. The molecular weight excluding hydrogens is 340 g/mol. The molecule has 0 spiro atoms. The van der Waals surface area contributed by atoms with Gasteiger partial charge < -0.3 is 10.6 Å². The highest BCUT2D eigenvalue weighted by atomic mass is 16.2. The molecule has 1 amide bonds. The second kappa shape index (κ2) is 8.63. The number of carbonyl (C=O) groups excluding carboxylic acids is 1. The molecule has 7 nitrogen and oxygen atoms in total. The summed E-state index contributed by atoms with van der Waals surface area (Å²) in [6.07, 6.45) is 2.23. The number of aliphatic imine (C=N–C) groups is 1. The Labute approximate surface area is 157 Å². The van der Waals surface area contributed by atoms with E-state index >= 15 is 0 Å². The van der Waals surface area contributed by atoms with E-state index in [4.69, 9.17) is 5.26 Å². The van der Waals surface area contributed by atoms with E-state index in [0.717, 1.165) is 22.5 Å². The standard InChI is InChI=1S/C20H20N6O/c1-14-11-18(27)25-26-19(14)16-7-9-17(10-8-16)24-20(23-13-21)22-12-15-5-3-2-4-6-15/h2-10,14H,11-12H2,1H3,(H,25,27)(H2,22,23,24)/t14-/m1/s1. The fourth-order valence-corrected chi connectivity index (χ4v) is 2.81. The number of rotatable bonds is 4. The number of nitriles is 1. The topological polar surface area (TPSA) is 102 Å². The lowest BCUT2D eigenvalue weighted by molar-refractivity contribution is -0.121. The van der Waals surface area contributed by atoms with Crippen LogP contribution in [0.2, 0.25) is 0 Å². The maximum atomic E-state index is 11.4. The molecule has 0 saturated carbocycles. The Balaban J connectivity index is 1.66. The first kappa shape index (κ1) is 18.1. The largest absolute Gasteiger partial charge is 0.351 e. The van der Waals surface area contributed by atoms with Crippen molar-refractivity contribution in [3.8, 4) is 6.19 Å². The fourth-order valence-electron chi connectivity index (χ4n) is 2.81. The van der Waals surface area contributed by atoms with Crippen molar-refractivity contribution < 1.29 is 4.79 Å². The molecule has 3 N–H and O–H groups in total. The molecule has 0 aliphatic carbocycles. The SMILES string of the molecule is C[C@@H]1CC(=O)NN=C1c1ccc(NC(=NC#N)NCc2ccccc2)cc1. The monoisotopic (exact) mass is 360 g/mol. The van der Waals surface area contributed by atoms with Crippen molar-refractivity contribution in [2.45, 2.75) is 19.9 Å². The highest BCUT2D eigenvalue weighted by molar-refractivity contribution is 6.06. The van der Waals surface area contributed by atoms with Crippen LogP contribution < -0.4 is 16.1 Å². The summed E-state index contributed by atoms with van der Waals surface area (Å²) >= 11 is 0. The van der Waals surface area contributed by atoms with Gasteiger partial charge in [-0.15, -0.1) is 4.99 Å². The Hall–Kier alpha value is -3.66. The number of nitrogens with one attached hydrogen (secondary N) is 3. The van der Waals surface area contributed by atoms with Crippen molar-refractivity contribution in [3.63, 3.8) is 0 Å². The number of guanidine groups is 1. The molecule has 0 fully saturated rings. The molecule has 2 aromatic carbocycles. The number of amides is 1. The van der Waals surface area contributed by atoms with Crippen molar-refractivity contribution in [3.05, 3.63) is 65.7 Å². The van der Waals surface area contributed by atoms with Gasteiger partial charge in [0.15, 0.2) is 0 Å². The van der Waals surface area contributed by atoms with Gasteiger partial charge in [-0.25, -0.2) is 5.43 Å². The summed E-state index contributed by atoms with van der Waals surface area (Å²) in [7, 11) is 0. The molecule has 7 heteroatoms. The third-order valence-electron chi connectivity index (χ3n) is 4.17. The maximum absolute atomic E-state index is 11.4. The van der Waals surface area contributed by atoms with Gasteiger partial charge in [-0.3, -0.25) is 4.79 Å². The average molecular weight is 360 g/mol. The molecule has 1 heterocycles. The van der Waals surface area contributed by atoms with Gasteiger partial charge in [-0.05, 0) is 23.3 Å². The van der Waals surface area contributed by atoms with Crippen LogP contribution in [0.1, 0.15) is 24.5 Å². The quantitative estimate of drug-likeness (QED) is 0.443. The number of benzene rings is 2. The summed E-state index contributed by atoms with van der Waals surface area (Å²) in [6.45, 7) is 2.54. The molecule has 0 radical (unpaired) electrons. The van der Waals surface area contributed by atoms with Gasteiger partial charge >= 0.3 is 0 Å². The van der Waals surface area contributed by atoms with Crippen LogP contribution in [0.25, 0.3) is 0 Å². The van der Waals surface area contributed by atoms with E-state index in [2.05, 4.69) is 26.2 Å². The molecule has 0 unspecified atom stereocenters. The van der Waals surface area contributed by atoms with E-state index in [9.17, 15) is 4.79 Å². The van der Waals surface area contributed by atoms with Crippen LogP contribution in [-0.2, 0) is 11.3 Å². The third kappa shape index (κ3) is 4.92. The van der Waals surface area contributed by atoms with Crippen LogP contribution in [0.3, 0.4) is 0 Å². The van der Waals surface area contributed by atoms with Crippen molar-refractivity contribution in [2.75, 3.05) is 5.32 Å². The smallest absolute Gasteiger partial charge is 0.240 e. The Kier molecular flexibility index (Phi) is 5.80. The summed E-state index contributed by atoms with van der Waals surface area (Å²) in [5, 5.41) is 19.3. The Morgan fingerprint density at radius 3 is 2.67 bits per heavy atom. The van der Waals surface area contributed by atoms with Gasteiger partial charge in [0.05, 0.1) is 5.71 Å². The van der Waals surface area contributed by atoms with Gasteiger partial charge in [0, 0.05) is 24.6 Å². The molecule has 27 heavy (non-hydrogen) atoms. The molecule has 0 bridgehead atoms. The number of hydrogen-bond donors (Lipinski definition) is 3. The van der Waals surface area contributed by atoms with Crippen LogP contribution in [0.4, 0.5) is 5.69 Å². The summed E-state index contributed by atoms with van der Waals surface area (Å²) in [5.41, 5.74) is 6.21. The summed E-state index contributed by atoms with van der Waals surface area (Å²) in [6, 6.07) is 17.5. The lowest BCUT2D eigenvalue weighted by Crippen LogP contribution is -2.32. The summed E-state index contributed by atoms with van der Waals surface area (Å²) in [4.78, 5) is 15.2. The van der Waals surface area contributed by atoms with E-state index in [1.807, 2.05) is 61.5 Å². The minimum Gasteiger partial charge on any atom is -0.351 e. The van der Waals surface area contributed by atoms with Gasteiger partial charge in [-0.1, -0.05) is 49.4 Å². The molecule has 1 aliphatic rings. The van der Waals surface area contributed by atoms with Gasteiger partial charge in [0.25, 0.3) is 0 Å². The van der Waals surface area contributed by atoms with Crippen molar-refractivity contribution in [1.29, 1.82) is 5.26 Å². The van der Waals surface area contributed by atoms with E-state index in [1.165, 1.54) is 0 Å². The number of anilines is 1. The first-order chi connectivity index (χ1) is 13.2. The van der Waals surface area contributed by atoms with Crippen LogP contribution in [0.5, 0.6) is 0 Å². The Bertz CT molecular complexity index is 896. The lowest BCUT2D eigenvalue weighted by Gasteiger charge is -2.19. The number of nitrogens with zero attached hydrogens (tertiary/aromatic N) is 3. The second-order valence-corrected chi connectivity index (χ2v) is 6.24. The third-order valence-corrected chi connectivity index (χ3v) is 4.17. The summed E-state index contributed by atoms with van der Waals surface area (Å²) < 4.78 is 0. The van der Waals surface area contributed by atoms with Crippen LogP contribution >= 0.6 is 0 Å². The van der Waals surface area contributed by atoms with Crippen molar-refractivity contribution in [2.24, 2.45) is 16.0 Å². The minimum absolute atomic E-state index is 0.0635. The molecule has 3 rings (SSSR count). The van der Waals surface area contributed by atoms with E-state index in [0.29, 0.717) is 18.9 Å². The number of carbonyl (C=O) groups is 1. The zero-order chi connectivity index (χ0) is 19.1. The van der Waals surface area contributed by atoms with Crippen molar-refractivity contribution >= 4 is 23.3 Å². The maximum Gasteiger partial charge on any atom is 0.240 e. The van der Waals surface area contributed by atoms with Crippen molar-refractivity contribution in [1.82, 2.24) is 10.7 Å². The average Bonchev–Trinajstić information content (AvgIpc) is 2.68. The zero-order valence-electron chi connectivity index (χ0n) is 14.9.